The van der Waals surface area contributed by atoms with Gasteiger partial charge in [0.1, 0.15) is 0 Å². The Morgan fingerprint density at radius 1 is 1.36 bits per heavy atom. The maximum Gasteiger partial charge on any atom is 0.240 e. The first-order valence-electron chi connectivity index (χ1n) is 6.56. The normalized spacial score (nSPS) is 11.9. The molecule has 1 aromatic carbocycles. The topological polar surface area (TPSA) is 72.0 Å². The van der Waals surface area contributed by atoms with Crippen LogP contribution >= 0.6 is 27.5 Å². The SMILES string of the molecule is CC(C)NS(=O)(=O)c1cccc(Cc2nc(Cl)ncc2Br)c1. The summed E-state index contributed by atoms with van der Waals surface area (Å²) in [6.45, 7) is 3.56. The van der Waals surface area contributed by atoms with Gasteiger partial charge in [-0.25, -0.2) is 23.1 Å². The van der Waals surface area contributed by atoms with Gasteiger partial charge >= 0.3 is 0 Å². The van der Waals surface area contributed by atoms with Crippen molar-refractivity contribution in [3.63, 3.8) is 0 Å². The Morgan fingerprint density at radius 3 is 2.77 bits per heavy atom. The standard InChI is InChI=1S/C14H15BrClN3O2S/c1-9(2)19-22(20,21)11-5-3-4-10(6-11)7-13-12(15)8-17-14(16)18-13/h3-6,8-9,19H,7H2,1-2H3. The molecule has 2 aromatic rings. The third-order valence-corrected chi connectivity index (χ3v) is 5.26. The van der Waals surface area contributed by atoms with Crippen LogP contribution in [0.4, 0.5) is 0 Å². The Balaban J connectivity index is 2.31. The number of hydrogen-bond acceptors (Lipinski definition) is 4. The number of hydrogen-bond donors (Lipinski definition) is 1. The van der Waals surface area contributed by atoms with Gasteiger partial charge in [0.15, 0.2) is 0 Å². The molecule has 5 nitrogen and oxygen atoms in total. The summed E-state index contributed by atoms with van der Waals surface area (Å²) in [7, 11) is -3.51. The Hall–Kier alpha value is -1.02. The summed E-state index contributed by atoms with van der Waals surface area (Å²) >= 11 is 9.16. The van der Waals surface area contributed by atoms with Gasteiger partial charge in [0.2, 0.25) is 15.3 Å². The van der Waals surface area contributed by atoms with E-state index in [1.807, 2.05) is 6.07 Å². The number of halogens is 2. The van der Waals surface area contributed by atoms with Crippen LogP contribution in [-0.4, -0.2) is 24.4 Å². The lowest BCUT2D eigenvalue weighted by Crippen LogP contribution is -2.30. The van der Waals surface area contributed by atoms with E-state index in [1.165, 1.54) is 0 Å². The number of aromatic nitrogens is 2. The molecule has 0 aliphatic rings. The van der Waals surface area contributed by atoms with Crippen molar-refractivity contribution in [1.82, 2.24) is 14.7 Å². The predicted molar refractivity (Wildman–Crippen MR) is 89.4 cm³/mol. The molecular formula is C14H15BrClN3O2S. The smallest absolute Gasteiger partial charge is 0.225 e. The molecular weight excluding hydrogens is 390 g/mol. The largest absolute Gasteiger partial charge is 0.240 e. The average molecular weight is 405 g/mol. The minimum atomic E-state index is -3.51. The lowest BCUT2D eigenvalue weighted by atomic mass is 10.1. The van der Waals surface area contributed by atoms with Gasteiger partial charge in [0, 0.05) is 18.7 Å². The Kier molecular flexibility index (Phi) is 5.55. The summed E-state index contributed by atoms with van der Waals surface area (Å²) in [5.41, 5.74) is 1.52. The average Bonchev–Trinajstić information content (AvgIpc) is 2.42. The van der Waals surface area contributed by atoms with E-state index in [1.54, 1.807) is 38.2 Å². The highest BCUT2D eigenvalue weighted by molar-refractivity contribution is 9.10. The van der Waals surface area contributed by atoms with E-state index >= 15 is 0 Å². The van der Waals surface area contributed by atoms with Gasteiger partial charge in [0.05, 0.1) is 15.1 Å². The van der Waals surface area contributed by atoms with E-state index in [0.717, 1.165) is 10.0 Å². The van der Waals surface area contributed by atoms with Gasteiger partial charge in [-0.3, -0.25) is 0 Å². The third kappa shape index (κ3) is 4.49. The van der Waals surface area contributed by atoms with Crippen molar-refractivity contribution in [2.24, 2.45) is 0 Å². The Morgan fingerprint density at radius 2 is 2.09 bits per heavy atom. The van der Waals surface area contributed by atoms with Gasteiger partial charge in [-0.05, 0) is 59.1 Å². The lowest BCUT2D eigenvalue weighted by molar-refractivity contribution is 0.569. The quantitative estimate of drug-likeness (QED) is 0.777. The van der Waals surface area contributed by atoms with Crippen LogP contribution in [0.15, 0.2) is 39.8 Å². The maximum absolute atomic E-state index is 12.2. The summed E-state index contributed by atoms with van der Waals surface area (Å²) in [5.74, 6) is 0. The zero-order valence-corrected chi connectivity index (χ0v) is 15.2. The maximum atomic E-state index is 12.2. The molecule has 1 aromatic heterocycles. The van der Waals surface area contributed by atoms with E-state index in [-0.39, 0.29) is 16.2 Å². The van der Waals surface area contributed by atoms with Gasteiger partial charge in [0.25, 0.3) is 0 Å². The number of sulfonamides is 1. The van der Waals surface area contributed by atoms with Gasteiger partial charge in [-0.1, -0.05) is 12.1 Å². The fourth-order valence-corrected chi connectivity index (χ4v) is 3.70. The second kappa shape index (κ2) is 7.04. The van der Waals surface area contributed by atoms with Crippen LogP contribution in [0.5, 0.6) is 0 Å². The molecule has 118 valence electrons. The molecule has 0 amide bonds. The molecule has 1 heterocycles. The van der Waals surface area contributed by atoms with Crippen LogP contribution in [0.3, 0.4) is 0 Å². The molecule has 0 bridgehead atoms. The van der Waals surface area contributed by atoms with Crippen LogP contribution < -0.4 is 4.72 Å². The highest BCUT2D eigenvalue weighted by Gasteiger charge is 2.16. The molecule has 0 saturated heterocycles. The monoisotopic (exact) mass is 403 g/mol. The number of nitrogens with one attached hydrogen (secondary N) is 1. The molecule has 8 heteroatoms. The van der Waals surface area contributed by atoms with Crippen LogP contribution in [0, 0.1) is 0 Å². The molecule has 0 radical (unpaired) electrons. The van der Waals surface area contributed by atoms with E-state index in [9.17, 15) is 8.42 Å². The molecule has 1 N–H and O–H groups in total. The minimum Gasteiger partial charge on any atom is -0.225 e. The first kappa shape index (κ1) is 17.3. The van der Waals surface area contributed by atoms with Gasteiger partial charge in [-0.15, -0.1) is 0 Å². The first-order valence-corrected chi connectivity index (χ1v) is 9.21. The predicted octanol–water partition coefficient (Wildman–Crippen LogP) is 3.17. The number of nitrogens with zero attached hydrogens (tertiary/aromatic N) is 2. The van der Waals surface area contributed by atoms with Crippen LogP contribution in [0.25, 0.3) is 0 Å². The molecule has 0 aliphatic carbocycles. The highest BCUT2D eigenvalue weighted by Crippen LogP contribution is 2.20. The summed E-state index contributed by atoms with van der Waals surface area (Å²) in [4.78, 5) is 8.25. The highest BCUT2D eigenvalue weighted by atomic mass is 79.9. The second-order valence-corrected chi connectivity index (χ2v) is 7.94. The van der Waals surface area contributed by atoms with E-state index < -0.39 is 10.0 Å². The summed E-state index contributed by atoms with van der Waals surface area (Å²) < 4.78 is 27.7. The molecule has 22 heavy (non-hydrogen) atoms. The zero-order chi connectivity index (χ0) is 16.3. The van der Waals surface area contributed by atoms with Crippen molar-refractivity contribution in [2.75, 3.05) is 0 Å². The summed E-state index contributed by atoms with van der Waals surface area (Å²) in [5, 5.41) is 0.156. The van der Waals surface area contributed by atoms with Crippen molar-refractivity contribution >= 4 is 37.6 Å². The minimum absolute atomic E-state index is 0.156. The van der Waals surface area contributed by atoms with Crippen molar-refractivity contribution in [3.8, 4) is 0 Å². The van der Waals surface area contributed by atoms with Crippen molar-refractivity contribution in [3.05, 3.63) is 51.5 Å². The van der Waals surface area contributed by atoms with Crippen LogP contribution in [0.1, 0.15) is 25.1 Å². The molecule has 2 rings (SSSR count). The van der Waals surface area contributed by atoms with E-state index in [0.29, 0.717) is 12.1 Å². The number of rotatable bonds is 5. The lowest BCUT2D eigenvalue weighted by Gasteiger charge is -2.11. The number of benzene rings is 1. The molecule has 0 spiro atoms. The molecule has 0 aliphatic heterocycles. The molecule has 0 fully saturated rings. The van der Waals surface area contributed by atoms with Crippen molar-refractivity contribution in [2.45, 2.75) is 31.2 Å². The third-order valence-electron chi connectivity index (χ3n) is 2.76. The zero-order valence-electron chi connectivity index (χ0n) is 12.0. The van der Waals surface area contributed by atoms with Crippen molar-refractivity contribution in [1.29, 1.82) is 0 Å². The Labute approximate surface area is 143 Å². The van der Waals surface area contributed by atoms with Crippen molar-refractivity contribution < 1.29 is 8.42 Å². The van der Waals surface area contributed by atoms with Gasteiger partial charge in [-0.2, -0.15) is 0 Å². The van der Waals surface area contributed by atoms with Crippen LogP contribution in [0.2, 0.25) is 5.28 Å². The van der Waals surface area contributed by atoms with E-state index in [2.05, 4.69) is 30.6 Å². The van der Waals surface area contributed by atoms with E-state index in [4.69, 9.17) is 11.6 Å². The fourth-order valence-electron chi connectivity index (χ4n) is 1.90. The van der Waals surface area contributed by atoms with Crippen LogP contribution in [-0.2, 0) is 16.4 Å². The Bertz CT molecular complexity index is 781. The molecule has 0 saturated carbocycles. The second-order valence-electron chi connectivity index (χ2n) is 5.03. The molecule has 0 atom stereocenters. The van der Waals surface area contributed by atoms with Gasteiger partial charge < -0.3 is 0 Å². The summed E-state index contributed by atoms with van der Waals surface area (Å²) in [6, 6.07) is 6.59. The summed E-state index contributed by atoms with van der Waals surface area (Å²) in [6.07, 6.45) is 2.03. The first-order chi connectivity index (χ1) is 10.3. The fraction of sp³-hybridized carbons (Fsp3) is 0.286. The molecule has 0 unspecified atom stereocenters.